The number of amides is 1. The van der Waals surface area contributed by atoms with E-state index in [0.29, 0.717) is 49.1 Å². The molecule has 1 aliphatic heterocycles. The topological polar surface area (TPSA) is 105 Å². The van der Waals surface area contributed by atoms with Gasteiger partial charge in [-0.1, -0.05) is 12.1 Å². The van der Waals surface area contributed by atoms with Gasteiger partial charge in [0, 0.05) is 13.1 Å². The van der Waals surface area contributed by atoms with Gasteiger partial charge >= 0.3 is 0 Å². The minimum Gasteiger partial charge on any atom is -0.496 e. The quantitative estimate of drug-likeness (QED) is 0.730. The Balaban J connectivity index is 1.67. The van der Waals surface area contributed by atoms with Gasteiger partial charge in [-0.3, -0.25) is 10.1 Å². The van der Waals surface area contributed by atoms with Crippen LogP contribution in [0.15, 0.2) is 30.6 Å². The average Bonchev–Trinajstić information content (AvgIpc) is 3.16. The number of benzene rings is 1. The van der Waals surface area contributed by atoms with Crippen LogP contribution in [0.3, 0.4) is 0 Å². The number of carbonyl (C=O) groups is 1. The molecule has 4 rings (SSSR count). The van der Waals surface area contributed by atoms with Crippen LogP contribution in [0.2, 0.25) is 0 Å². The fraction of sp³-hybridized carbons (Fsp3) is 0.294. The molecule has 0 unspecified atom stereocenters. The monoisotopic (exact) mass is 354 g/mol. The van der Waals surface area contributed by atoms with Crippen molar-refractivity contribution in [3.05, 3.63) is 36.2 Å². The van der Waals surface area contributed by atoms with Crippen LogP contribution in [0.5, 0.6) is 5.75 Å². The van der Waals surface area contributed by atoms with E-state index in [0.717, 1.165) is 5.52 Å². The predicted octanol–water partition coefficient (Wildman–Crippen LogP) is 1.45. The Hall–Kier alpha value is -3.20. The molecule has 2 aromatic heterocycles. The number of morpholine rings is 1. The first-order chi connectivity index (χ1) is 12.8. The molecular formula is C17H18N6O3. The number of imidazole rings is 1. The van der Waals surface area contributed by atoms with Crippen molar-refractivity contribution in [2.24, 2.45) is 0 Å². The molecule has 0 bridgehead atoms. The van der Waals surface area contributed by atoms with Gasteiger partial charge in [-0.25, -0.2) is 4.98 Å². The number of ether oxygens (including phenoxy) is 2. The summed E-state index contributed by atoms with van der Waals surface area (Å²) in [5.41, 5.74) is 1.65. The summed E-state index contributed by atoms with van der Waals surface area (Å²) < 4.78 is 10.6. The van der Waals surface area contributed by atoms with E-state index in [1.807, 2.05) is 0 Å². The van der Waals surface area contributed by atoms with Gasteiger partial charge in [0.15, 0.2) is 11.5 Å². The number of hydrogen-bond donors (Lipinski definition) is 2. The van der Waals surface area contributed by atoms with Crippen LogP contribution >= 0.6 is 0 Å². The van der Waals surface area contributed by atoms with Crippen molar-refractivity contribution in [3.8, 4) is 5.75 Å². The minimum atomic E-state index is -0.342. The molecule has 1 aliphatic rings. The summed E-state index contributed by atoms with van der Waals surface area (Å²) >= 11 is 0. The molecule has 0 atom stereocenters. The number of H-pyrrole nitrogens is 1. The Morgan fingerprint density at radius 1 is 1.27 bits per heavy atom. The Kier molecular flexibility index (Phi) is 4.36. The van der Waals surface area contributed by atoms with E-state index in [-0.39, 0.29) is 11.9 Å². The highest BCUT2D eigenvalue weighted by molar-refractivity contribution is 6.05. The second kappa shape index (κ2) is 6.96. The largest absolute Gasteiger partial charge is 0.496 e. The van der Waals surface area contributed by atoms with E-state index < -0.39 is 0 Å². The number of aromatic amines is 1. The lowest BCUT2D eigenvalue weighted by atomic mass is 10.2. The van der Waals surface area contributed by atoms with Crippen molar-refractivity contribution >= 4 is 28.8 Å². The highest BCUT2D eigenvalue weighted by Gasteiger charge is 2.20. The van der Waals surface area contributed by atoms with E-state index in [1.54, 1.807) is 30.6 Å². The van der Waals surface area contributed by atoms with E-state index in [1.165, 1.54) is 7.11 Å². The number of nitrogens with one attached hydrogen (secondary N) is 2. The third-order valence-electron chi connectivity index (χ3n) is 4.15. The van der Waals surface area contributed by atoms with Gasteiger partial charge in [-0.05, 0) is 12.1 Å². The summed E-state index contributed by atoms with van der Waals surface area (Å²) in [4.78, 5) is 30.8. The smallest absolute Gasteiger partial charge is 0.261 e. The zero-order chi connectivity index (χ0) is 17.9. The van der Waals surface area contributed by atoms with Crippen LogP contribution in [-0.4, -0.2) is 59.3 Å². The maximum Gasteiger partial charge on any atom is 0.261 e. The highest BCUT2D eigenvalue weighted by atomic mass is 16.5. The van der Waals surface area contributed by atoms with Crippen molar-refractivity contribution < 1.29 is 14.3 Å². The van der Waals surface area contributed by atoms with Crippen LogP contribution < -0.4 is 15.0 Å². The number of aromatic nitrogens is 4. The number of nitrogens with zero attached hydrogens (tertiary/aromatic N) is 4. The number of hydrogen-bond acceptors (Lipinski definition) is 7. The Morgan fingerprint density at radius 3 is 2.88 bits per heavy atom. The fourth-order valence-corrected chi connectivity index (χ4v) is 2.88. The summed E-state index contributed by atoms with van der Waals surface area (Å²) in [6, 6.07) is 6.99. The number of para-hydroxylation sites is 1. The van der Waals surface area contributed by atoms with Crippen LogP contribution in [-0.2, 0) is 4.74 Å². The van der Waals surface area contributed by atoms with E-state index >= 15 is 0 Å². The van der Waals surface area contributed by atoms with E-state index in [2.05, 4.69) is 30.2 Å². The Labute approximate surface area is 149 Å². The molecular weight excluding hydrogens is 336 g/mol. The van der Waals surface area contributed by atoms with Gasteiger partial charge in [0.25, 0.3) is 5.91 Å². The minimum absolute atomic E-state index is 0.196. The lowest BCUT2D eigenvalue weighted by Crippen LogP contribution is -2.37. The molecule has 26 heavy (non-hydrogen) atoms. The predicted molar refractivity (Wildman–Crippen MR) is 95.7 cm³/mol. The molecule has 9 nitrogen and oxygen atoms in total. The first kappa shape index (κ1) is 16.3. The fourth-order valence-electron chi connectivity index (χ4n) is 2.88. The molecule has 0 aliphatic carbocycles. The van der Waals surface area contributed by atoms with Crippen molar-refractivity contribution in [3.63, 3.8) is 0 Å². The molecule has 1 aromatic carbocycles. The third kappa shape index (κ3) is 3.04. The second-order valence-electron chi connectivity index (χ2n) is 5.73. The highest BCUT2D eigenvalue weighted by Crippen LogP contribution is 2.24. The maximum atomic E-state index is 12.6. The van der Waals surface area contributed by atoms with Gasteiger partial charge in [-0.2, -0.15) is 9.97 Å². The van der Waals surface area contributed by atoms with Crippen molar-refractivity contribution in [1.82, 2.24) is 19.9 Å². The Morgan fingerprint density at radius 2 is 2.08 bits per heavy atom. The molecule has 2 N–H and O–H groups in total. The number of methoxy groups -OCH3 is 1. The molecule has 1 amide bonds. The number of carbonyl (C=O) groups excluding carboxylic acids is 1. The standard InChI is InChI=1S/C17H18N6O3/c1-25-12-5-3-2-4-11(12)16(24)22-17-20-14-13(18-10-19-14)15(21-17)23-6-8-26-9-7-23/h2-5,10H,6-9H2,1H3,(H2,18,19,20,21,22,24). The molecule has 0 spiro atoms. The number of fused-ring (bicyclic) bond motifs is 1. The zero-order valence-electron chi connectivity index (χ0n) is 14.2. The zero-order valence-corrected chi connectivity index (χ0v) is 14.2. The summed E-state index contributed by atoms with van der Waals surface area (Å²) in [6.45, 7) is 2.68. The van der Waals surface area contributed by atoms with Gasteiger partial charge in [0.1, 0.15) is 11.3 Å². The maximum absolute atomic E-state index is 12.6. The molecule has 0 radical (unpaired) electrons. The van der Waals surface area contributed by atoms with Crippen LogP contribution in [0.4, 0.5) is 11.8 Å². The first-order valence-electron chi connectivity index (χ1n) is 8.24. The molecule has 1 fully saturated rings. The molecule has 3 aromatic rings. The summed E-state index contributed by atoms with van der Waals surface area (Å²) in [5, 5.41) is 2.74. The van der Waals surface area contributed by atoms with E-state index in [4.69, 9.17) is 9.47 Å². The van der Waals surface area contributed by atoms with Crippen molar-refractivity contribution in [2.75, 3.05) is 43.6 Å². The van der Waals surface area contributed by atoms with Crippen molar-refractivity contribution in [1.29, 1.82) is 0 Å². The number of rotatable bonds is 4. The summed E-state index contributed by atoms with van der Waals surface area (Å²) in [5.74, 6) is 1.04. The van der Waals surface area contributed by atoms with Gasteiger partial charge in [0.05, 0.1) is 32.2 Å². The molecule has 3 heterocycles. The first-order valence-corrected chi connectivity index (χ1v) is 8.24. The van der Waals surface area contributed by atoms with Gasteiger partial charge in [0.2, 0.25) is 5.95 Å². The molecule has 1 saturated heterocycles. The molecule has 134 valence electrons. The SMILES string of the molecule is COc1ccccc1C(=O)Nc1nc(N2CCOCC2)c2[nH]cnc2n1. The summed E-state index contributed by atoms with van der Waals surface area (Å²) in [6.07, 6.45) is 1.56. The third-order valence-corrected chi connectivity index (χ3v) is 4.15. The van der Waals surface area contributed by atoms with E-state index in [9.17, 15) is 4.79 Å². The van der Waals surface area contributed by atoms with Gasteiger partial charge in [-0.15, -0.1) is 0 Å². The van der Waals surface area contributed by atoms with Crippen molar-refractivity contribution in [2.45, 2.75) is 0 Å². The van der Waals surface area contributed by atoms with Crippen LogP contribution in [0, 0.1) is 0 Å². The average molecular weight is 354 g/mol. The Bertz CT molecular complexity index is 935. The molecule has 0 saturated carbocycles. The normalized spacial score (nSPS) is 14.4. The van der Waals surface area contributed by atoms with Crippen LogP contribution in [0.25, 0.3) is 11.2 Å². The summed E-state index contributed by atoms with van der Waals surface area (Å²) in [7, 11) is 1.52. The van der Waals surface area contributed by atoms with Crippen LogP contribution in [0.1, 0.15) is 10.4 Å². The lowest BCUT2D eigenvalue weighted by Gasteiger charge is -2.28. The molecule has 9 heteroatoms. The lowest BCUT2D eigenvalue weighted by molar-refractivity contribution is 0.102. The second-order valence-corrected chi connectivity index (χ2v) is 5.73. The number of anilines is 2. The van der Waals surface area contributed by atoms with Gasteiger partial charge < -0.3 is 19.4 Å².